The van der Waals surface area contributed by atoms with E-state index in [-0.39, 0.29) is 6.42 Å². The number of hydrogen-bond acceptors (Lipinski definition) is 4. The van der Waals surface area contributed by atoms with Crippen molar-refractivity contribution in [3.05, 3.63) is 0 Å². The van der Waals surface area contributed by atoms with Crippen LogP contribution in [0.15, 0.2) is 0 Å². The summed E-state index contributed by atoms with van der Waals surface area (Å²) in [6, 6.07) is 0. The van der Waals surface area contributed by atoms with Crippen LogP contribution in [-0.4, -0.2) is 59.7 Å². The lowest BCUT2D eigenvalue weighted by Crippen LogP contribution is -2.31. The van der Waals surface area contributed by atoms with E-state index >= 15 is 0 Å². The molecule has 0 fully saturated rings. The highest BCUT2D eigenvalue weighted by molar-refractivity contribution is 7.64. The molecule has 0 rings (SSSR count). The van der Waals surface area contributed by atoms with Crippen LogP contribution in [-0.2, 0) is 13.9 Å². The number of nitrogens with zero attached hydrogens (tertiary/aromatic N) is 1. The fourth-order valence-corrected chi connectivity index (χ4v) is 11.3. The lowest BCUT2D eigenvalue weighted by atomic mass is 10.2. The zero-order valence-corrected chi connectivity index (χ0v) is 26.3. The highest BCUT2D eigenvalue weighted by Gasteiger charge is 2.30. The van der Waals surface area contributed by atoms with Gasteiger partial charge in [0.25, 0.3) is 0 Å². The molecule has 0 aliphatic carbocycles. The molecule has 0 aromatic rings. The first-order chi connectivity index (χ1) is 17.2. The van der Waals surface area contributed by atoms with Gasteiger partial charge in [0.1, 0.15) is 14.3 Å². The summed E-state index contributed by atoms with van der Waals surface area (Å²) < 4.78 is 28.4. The standard InChI is InChI=1S/C29H61NO4P2/c1-5-9-13-17-23-35(33,24-18-14-10-6-2)27-30(22-21-29(31)32)28-36(34,25-19-15-11-7-3)26-20-16-12-8-4/h5-28H2,1-4H3,(H,31,32). The van der Waals surface area contributed by atoms with Crippen molar-refractivity contribution in [3.63, 3.8) is 0 Å². The van der Waals surface area contributed by atoms with Crippen molar-refractivity contribution in [2.24, 2.45) is 0 Å². The van der Waals surface area contributed by atoms with Crippen LogP contribution in [0.4, 0.5) is 0 Å². The lowest BCUT2D eigenvalue weighted by Gasteiger charge is -2.31. The monoisotopic (exact) mass is 549 g/mol. The number of carboxylic acids is 1. The molecule has 0 saturated heterocycles. The molecule has 0 aliphatic rings. The summed E-state index contributed by atoms with van der Waals surface area (Å²) >= 11 is 0. The quantitative estimate of drug-likeness (QED) is 0.0815. The van der Waals surface area contributed by atoms with Gasteiger partial charge in [-0.3, -0.25) is 9.69 Å². The normalized spacial score (nSPS) is 12.5. The van der Waals surface area contributed by atoms with Crippen LogP contribution in [0.25, 0.3) is 0 Å². The molecule has 5 nitrogen and oxygen atoms in total. The Morgan fingerprint density at radius 2 is 0.861 bits per heavy atom. The summed E-state index contributed by atoms with van der Waals surface area (Å²) in [5.41, 5.74) is 0. The molecule has 0 amide bonds. The van der Waals surface area contributed by atoms with Crippen LogP contribution in [0.2, 0.25) is 0 Å². The van der Waals surface area contributed by atoms with Crippen molar-refractivity contribution in [1.29, 1.82) is 0 Å². The third-order valence-corrected chi connectivity index (χ3v) is 13.6. The van der Waals surface area contributed by atoms with Gasteiger partial charge in [-0.05, 0) is 25.7 Å². The number of unbranched alkanes of at least 4 members (excludes halogenated alkanes) is 12. The number of aliphatic carboxylic acids is 1. The van der Waals surface area contributed by atoms with E-state index in [1.54, 1.807) is 0 Å². The summed E-state index contributed by atoms with van der Waals surface area (Å²) in [5.74, 6) is -0.832. The van der Waals surface area contributed by atoms with Gasteiger partial charge in [-0.2, -0.15) is 0 Å². The highest BCUT2D eigenvalue weighted by Crippen LogP contribution is 2.52. The SMILES string of the molecule is CCCCCCP(=O)(CCCCCC)CN(CCC(=O)O)CP(=O)(CCCCCC)CCCCCC. The van der Waals surface area contributed by atoms with Gasteiger partial charge in [0, 0.05) is 31.2 Å². The molecule has 0 bridgehead atoms. The number of carbonyl (C=O) groups is 1. The molecule has 36 heavy (non-hydrogen) atoms. The van der Waals surface area contributed by atoms with Crippen molar-refractivity contribution in [2.45, 2.75) is 137 Å². The van der Waals surface area contributed by atoms with Crippen molar-refractivity contribution < 1.29 is 19.0 Å². The van der Waals surface area contributed by atoms with E-state index in [2.05, 4.69) is 32.6 Å². The van der Waals surface area contributed by atoms with Crippen LogP contribution in [0, 0.1) is 0 Å². The molecular formula is C29H61NO4P2. The van der Waals surface area contributed by atoms with Crippen LogP contribution >= 0.6 is 14.3 Å². The van der Waals surface area contributed by atoms with Gasteiger partial charge in [0.05, 0.1) is 19.0 Å². The van der Waals surface area contributed by atoms with Crippen molar-refractivity contribution in [2.75, 3.05) is 43.8 Å². The molecule has 216 valence electrons. The van der Waals surface area contributed by atoms with E-state index in [0.717, 1.165) is 102 Å². The van der Waals surface area contributed by atoms with Gasteiger partial charge in [-0.25, -0.2) is 0 Å². The van der Waals surface area contributed by atoms with Crippen LogP contribution in [0.5, 0.6) is 0 Å². The zero-order chi connectivity index (χ0) is 27.1. The predicted molar refractivity (Wildman–Crippen MR) is 160 cm³/mol. The first-order valence-corrected chi connectivity index (χ1v) is 19.8. The average molecular weight is 550 g/mol. The second-order valence-electron chi connectivity index (χ2n) is 11.1. The van der Waals surface area contributed by atoms with Crippen molar-refractivity contribution >= 4 is 20.3 Å². The average Bonchev–Trinajstić information content (AvgIpc) is 2.84. The smallest absolute Gasteiger partial charge is 0.304 e. The van der Waals surface area contributed by atoms with Crippen LogP contribution < -0.4 is 0 Å². The fourth-order valence-electron chi connectivity index (χ4n) is 4.98. The third kappa shape index (κ3) is 19.9. The van der Waals surface area contributed by atoms with Crippen molar-refractivity contribution in [1.82, 2.24) is 4.90 Å². The summed E-state index contributed by atoms with van der Waals surface area (Å²) in [4.78, 5) is 13.5. The predicted octanol–water partition coefficient (Wildman–Crippen LogP) is 9.73. The molecule has 0 aliphatic heterocycles. The van der Waals surface area contributed by atoms with E-state index in [4.69, 9.17) is 0 Å². The Labute approximate surface area is 224 Å². The van der Waals surface area contributed by atoms with Crippen LogP contribution in [0.3, 0.4) is 0 Å². The molecule has 0 spiro atoms. The Bertz CT molecular complexity index is 550. The van der Waals surface area contributed by atoms with E-state index in [1.165, 1.54) is 25.7 Å². The maximum absolute atomic E-state index is 14.2. The second kappa shape index (κ2) is 22.8. The number of rotatable bonds is 27. The third-order valence-electron chi connectivity index (χ3n) is 7.23. The first-order valence-electron chi connectivity index (χ1n) is 15.3. The minimum Gasteiger partial charge on any atom is -0.481 e. The molecule has 7 heteroatoms. The molecule has 0 aromatic carbocycles. The zero-order valence-electron chi connectivity index (χ0n) is 24.5. The van der Waals surface area contributed by atoms with Crippen molar-refractivity contribution in [3.8, 4) is 0 Å². The molecule has 0 atom stereocenters. The minimum absolute atomic E-state index is 0.0251. The van der Waals surface area contributed by atoms with Crippen LogP contribution in [0.1, 0.15) is 137 Å². The fraction of sp³-hybridized carbons (Fsp3) is 0.966. The van der Waals surface area contributed by atoms with Gasteiger partial charge in [-0.15, -0.1) is 0 Å². The Morgan fingerprint density at radius 1 is 0.556 bits per heavy atom. The molecule has 0 unspecified atom stereocenters. The summed E-state index contributed by atoms with van der Waals surface area (Å²) in [5, 5.41) is 9.40. The van der Waals surface area contributed by atoms with E-state index in [1.807, 2.05) is 0 Å². The molecule has 0 heterocycles. The maximum Gasteiger partial charge on any atom is 0.304 e. The number of hydrogen-bond donors (Lipinski definition) is 1. The lowest BCUT2D eigenvalue weighted by molar-refractivity contribution is -0.137. The first kappa shape index (κ1) is 35.9. The highest BCUT2D eigenvalue weighted by atomic mass is 31.2. The van der Waals surface area contributed by atoms with Gasteiger partial charge in [-0.1, -0.05) is 105 Å². The molecule has 0 aromatic heterocycles. The van der Waals surface area contributed by atoms with E-state index < -0.39 is 20.3 Å². The topological polar surface area (TPSA) is 74.7 Å². The van der Waals surface area contributed by atoms with Gasteiger partial charge in [0.2, 0.25) is 0 Å². The molecule has 0 saturated carbocycles. The Morgan fingerprint density at radius 3 is 1.11 bits per heavy atom. The summed E-state index contributed by atoms with van der Waals surface area (Å²) in [7, 11) is -4.93. The van der Waals surface area contributed by atoms with E-state index in [9.17, 15) is 19.0 Å². The Hall–Kier alpha value is -0.110. The van der Waals surface area contributed by atoms with Gasteiger partial charge >= 0.3 is 5.97 Å². The number of carboxylic acid groups (broad SMARTS) is 1. The maximum atomic E-state index is 14.2. The molecule has 0 radical (unpaired) electrons. The minimum atomic E-state index is -2.46. The second-order valence-corrected chi connectivity index (χ2v) is 17.7. The molecular weight excluding hydrogens is 488 g/mol. The summed E-state index contributed by atoms with van der Waals surface area (Å²) in [6.45, 7) is 9.12. The van der Waals surface area contributed by atoms with Gasteiger partial charge < -0.3 is 14.2 Å². The molecule has 1 N–H and O–H groups in total. The Kier molecular flexibility index (Phi) is 22.8. The largest absolute Gasteiger partial charge is 0.481 e. The Balaban J connectivity index is 5.55. The van der Waals surface area contributed by atoms with Gasteiger partial charge in [0.15, 0.2) is 0 Å². The van der Waals surface area contributed by atoms with E-state index in [0.29, 0.717) is 19.1 Å². The summed E-state index contributed by atoms with van der Waals surface area (Å²) in [6.07, 6.45) is 21.6.